The summed E-state index contributed by atoms with van der Waals surface area (Å²) in [5.74, 6) is 1.39. The molecule has 1 aromatic rings. The van der Waals surface area contributed by atoms with Gasteiger partial charge in [0.15, 0.2) is 5.82 Å². The molecule has 1 heterocycles. The molecule has 1 rings (SSSR count). The molecule has 5 nitrogen and oxygen atoms in total. The van der Waals surface area contributed by atoms with Crippen LogP contribution in [0.4, 0.5) is 0 Å². The van der Waals surface area contributed by atoms with Crippen molar-refractivity contribution in [2.45, 2.75) is 58.6 Å². The molecule has 1 atom stereocenters. The Morgan fingerprint density at radius 1 is 1.44 bits per heavy atom. The zero-order chi connectivity index (χ0) is 13.8. The molecule has 104 valence electrons. The van der Waals surface area contributed by atoms with E-state index in [0.29, 0.717) is 12.4 Å². The second kappa shape index (κ2) is 6.29. The van der Waals surface area contributed by atoms with Gasteiger partial charge in [-0.05, 0) is 34.2 Å². The predicted octanol–water partition coefficient (Wildman–Crippen LogP) is 2.18. The van der Waals surface area contributed by atoms with Crippen molar-refractivity contribution < 1.29 is 9.63 Å². The Balaban J connectivity index is 2.60. The van der Waals surface area contributed by atoms with Crippen molar-refractivity contribution in [3.8, 4) is 0 Å². The largest absolute Gasteiger partial charge is 0.389 e. The highest BCUT2D eigenvalue weighted by atomic mass is 16.5. The zero-order valence-electron chi connectivity index (χ0n) is 12.1. The molecule has 0 saturated heterocycles. The predicted molar refractivity (Wildman–Crippen MR) is 70.3 cm³/mol. The van der Waals surface area contributed by atoms with Gasteiger partial charge in [0.25, 0.3) is 0 Å². The minimum Gasteiger partial charge on any atom is -0.389 e. The quantitative estimate of drug-likeness (QED) is 0.809. The van der Waals surface area contributed by atoms with E-state index in [-0.39, 0.29) is 6.04 Å². The summed E-state index contributed by atoms with van der Waals surface area (Å²) in [5, 5.41) is 13.8. The van der Waals surface area contributed by atoms with Gasteiger partial charge in [-0.2, -0.15) is 4.98 Å². The van der Waals surface area contributed by atoms with Crippen LogP contribution in [0.5, 0.6) is 0 Å². The Bertz CT molecular complexity index is 357. The number of aliphatic hydroxyl groups is 1. The van der Waals surface area contributed by atoms with E-state index in [1.54, 1.807) is 13.8 Å². The summed E-state index contributed by atoms with van der Waals surface area (Å²) in [5.41, 5.74) is -0.728. The lowest BCUT2D eigenvalue weighted by atomic mass is 10.1. The Kier molecular flexibility index (Phi) is 5.28. The molecule has 0 fully saturated rings. The van der Waals surface area contributed by atoms with Crippen LogP contribution in [0, 0.1) is 0 Å². The van der Waals surface area contributed by atoms with Gasteiger partial charge in [-0.1, -0.05) is 18.5 Å². The van der Waals surface area contributed by atoms with Crippen LogP contribution in [0.2, 0.25) is 0 Å². The molecule has 0 aliphatic heterocycles. The molecule has 0 radical (unpaired) electrons. The van der Waals surface area contributed by atoms with Gasteiger partial charge in [-0.3, -0.25) is 4.90 Å². The summed E-state index contributed by atoms with van der Waals surface area (Å²) in [6, 6.07) is 0.0132. The number of rotatable bonds is 7. The van der Waals surface area contributed by atoms with Crippen LogP contribution in [0.1, 0.15) is 58.3 Å². The molecule has 18 heavy (non-hydrogen) atoms. The van der Waals surface area contributed by atoms with E-state index in [4.69, 9.17) is 4.52 Å². The molecule has 0 amide bonds. The van der Waals surface area contributed by atoms with Crippen molar-refractivity contribution in [1.29, 1.82) is 0 Å². The number of hydrogen-bond donors (Lipinski definition) is 1. The maximum Gasteiger partial charge on any atom is 0.243 e. The highest BCUT2D eigenvalue weighted by Crippen LogP contribution is 2.19. The van der Waals surface area contributed by atoms with Gasteiger partial charge in [0, 0.05) is 13.0 Å². The molecule has 0 bridgehead atoms. The molecule has 0 aliphatic rings. The number of likely N-dealkylation sites (N-methyl/N-ethyl adjacent to an activating group) is 1. The minimum absolute atomic E-state index is 0.0132. The van der Waals surface area contributed by atoms with E-state index < -0.39 is 5.60 Å². The topological polar surface area (TPSA) is 62.4 Å². The minimum atomic E-state index is -0.728. The van der Waals surface area contributed by atoms with Crippen molar-refractivity contribution in [3.05, 3.63) is 11.7 Å². The number of hydrogen-bond acceptors (Lipinski definition) is 5. The highest BCUT2D eigenvalue weighted by Gasteiger charge is 2.23. The zero-order valence-corrected chi connectivity index (χ0v) is 12.1. The SMILES string of the molecule is CCCCc1noc(C(C)N(C)CC(C)(C)O)n1. The first-order valence-corrected chi connectivity index (χ1v) is 6.58. The second-order valence-corrected chi connectivity index (χ2v) is 5.56. The van der Waals surface area contributed by atoms with Crippen LogP contribution in [0.15, 0.2) is 4.52 Å². The number of aromatic nitrogens is 2. The Labute approximate surface area is 109 Å². The highest BCUT2D eigenvalue weighted by molar-refractivity contribution is 4.92. The molecule has 1 N–H and O–H groups in total. The summed E-state index contributed by atoms with van der Waals surface area (Å²) in [7, 11) is 1.94. The van der Waals surface area contributed by atoms with Gasteiger partial charge in [0.1, 0.15) is 0 Å². The Hall–Kier alpha value is -0.940. The van der Waals surface area contributed by atoms with Gasteiger partial charge in [-0.25, -0.2) is 0 Å². The monoisotopic (exact) mass is 255 g/mol. The van der Waals surface area contributed by atoms with Gasteiger partial charge in [0.2, 0.25) is 5.89 Å². The van der Waals surface area contributed by atoms with E-state index in [2.05, 4.69) is 17.1 Å². The third-order valence-electron chi connectivity index (χ3n) is 2.89. The van der Waals surface area contributed by atoms with Crippen LogP contribution in [-0.2, 0) is 6.42 Å². The molecule has 5 heteroatoms. The van der Waals surface area contributed by atoms with Crippen molar-refractivity contribution in [2.24, 2.45) is 0 Å². The fraction of sp³-hybridized carbons (Fsp3) is 0.846. The van der Waals surface area contributed by atoms with Gasteiger partial charge in [-0.15, -0.1) is 0 Å². The lowest BCUT2D eigenvalue weighted by Gasteiger charge is -2.28. The summed E-state index contributed by atoms with van der Waals surface area (Å²) in [6.45, 7) is 8.28. The van der Waals surface area contributed by atoms with Crippen LogP contribution < -0.4 is 0 Å². The van der Waals surface area contributed by atoms with Crippen molar-refractivity contribution >= 4 is 0 Å². The first-order valence-electron chi connectivity index (χ1n) is 6.58. The molecule has 0 aliphatic carbocycles. The standard InChI is InChI=1S/C13H25N3O2/c1-6-7-8-11-14-12(18-15-11)10(2)16(5)9-13(3,4)17/h10,17H,6-9H2,1-5H3. The van der Waals surface area contributed by atoms with Crippen molar-refractivity contribution in [3.63, 3.8) is 0 Å². The van der Waals surface area contributed by atoms with Crippen LogP contribution in [0.3, 0.4) is 0 Å². The molecule has 1 unspecified atom stereocenters. The summed E-state index contributed by atoms with van der Waals surface area (Å²) in [6.07, 6.45) is 3.06. The fourth-order valence-electron chi connectivity index (χ4n) is 1.81. The summed E-state index contributed by atoms with van der Waals surface area (Å²) in [4.78, 5) is 6.41. The van der Waals surface area contributed by atoms with Gasteiger partial charge < -0.3 is 9.63 Å². The van der Waals surface area contributed by atoms with Crippen molar-refractivity contribution in [2.75, 3.05) is 13.6 Å². The molecule has 1 aromatic heterocycles. The smallest absolute Gasteiger partial charge is 0.243 e. The lowest BCUT2D eigenvalue weighted by Crippen LogP contribution is -2.37. The van der Waals surface area contributed by atoms with E-state index in [1.807, 2.05) is 18.9 Å². The van der Waals surface area contributed by atoms with Crippen LogP contribution >= 0.6 is 0 Å². The third-order valence-corrected chi connectivity index (χ3v) is 2.89. The van der Waals surface area contributed by atoms with E-state index in [9.17, 15) is 5.11 Å². The maximum atomic E-state index is 9.80. The van der Waals surface area contributed by atoms with Gasteiger partial charge >= 0.3 is 0 Å². The first kappa shape index (κ1) is 15.1. The second-order valence-electron chi connectivity index (χ2n) is 5.56. The average Bonchev–Trinajstić information content (AvgIpc) is 2.71. The normalized spacial score (nSPS) is 14.2. The van der Waals surface area contributed by atoms with Gasteiger partial charge in [0.05, 0.1) is 11.6 Å². The lowest BCUT2D eigenvalue weighted by molar-refractivity contribution is 0.0289. The molecule has 0 spiro atoms. The first-order chi connectivity index (χ1) is 8.33. The molecular weight excluding hydrogens is 230 g/mol. The summed E-state index contributed by atoms with van der Waals surface area (Å²) < 4.78 is 5.27. The third kappa shape index (κ3) is 4.74. The maximum absolute atomic E-state index is 9.80. The number of unbranched alkanes of at least 4 members (excludes halogenated alkanes) is 1. The summed E-state index contributed by atoms with van der Waals surface area (Å²) >= 11 is 0. The van der Waals surface area contributed by atoms with E-state index in [1.165, 1.54) is 0 Å². The average molecular weight is 255 g/mol. The number of aryl methyl sites for hydroxylation is 1. The van der Waals surface area contributed by atoms with E-state index in [0.717, 1.165) is 25.1 Å². The fourth-order valence-corrected chi connectivity index (χ4v) is 1.81. The molecule has 0 saturated carbocycles. The number of nitrogens with zero attached hydrogens (tertiary/aromatic N) is 3. The Morgan fingerprint density at radius 3 is 2.67 bits per heavy atom. The molecular formula is C13H25N3O2. The van der Waals surface area contributed by atoms with E-state index >= 15 is 0 Å². The van der Waals surface area contributed by atoms with Crippen LogP contribution in [0.25, 0.3) is 0 Å². The Morgan fingerprint density at radius 2 is 2.11 bits per heavy atom. The van der Waals surface area contributed by atoms with Crippen LogP contribution in [-0.4, -0.2) is 39.3 Å². The molecule has 0 aromatic carbocycles. The van der Waals surface area contributed by atoms with Crippen molar-refractivity contribution in [1.82, 2.24) is 15.0 Å².